The summed E-state index contributed by atoms with van der Waals surface area (Å²) < 4.78 is 4.94. The van der Waals surface area contributed by atoms with Gasteiger partial charge in [0, 0.05) is 20.2 Å². The first kappa shape index (κ1) is 17.7. The molecule has 108 valence electrons. The molecule has 2 atom stereocenters. The summed E-state index contributed by atoms with van der Waals surface area (Å²) in [5, 5.41) is 0. The number of hydrogen-bond donors (Lipinski definition) is 1. The average Bonchev–Trinajstić information content (AvgIpc) is 2.28. The van der Waals surface area contributed by atoms with Crippen LogP contribution in [0.3, 0.4) is 0 Å². The van der Waals surface area contributed by atoms with Crippen LogP contribution in [0.2, 0.25) is 0 Å². The van der Waals surface area contributed by atoms with Crippen molar-refractivity contribution in [3.05, 3.63) is 0 Å². The van der Waals surface area contributed by atoms with E-state index in [0.717, 1.165) is 19.5 Å². The zero-order chi connectivity index (χ0) is 12.9. The molecule has 0 aromatic carbocycles. The Bertz CT molecular complexity index is 259. The van der Waals surface area contributed by atoms with Crippen LogP contribution in [-0.2, 0) is 9.53 Å². The molecular weight excluding hydrogens is 252 g/mol. The van der Waals surface area contributed by atoms with Gasteiger partial charge in [0.05, 0.1) is 6.61 Å². The maximum Gasteiger partial charge on any atom is 0.241 e. The van der Waals surface area contributed by atoms with Crippen molar-refractivity contribution in [1.29, 1.82) is 0 Å². The van der Waals surface area contributed by atoms with Crippen molar-refractivity contribution in [2.45, 2.75) is 45.6 Å². The number of methoxy groups -OCH3 is 1. The van der Waals surface area contributed by atoms with Gasteiger partial charge in [0.2, 0.25) is 5.91 Å². The lowest BCUT2D eigenvalue weighted by atomic mass is 9.78. The molecule has 0 spiro atoms. The number of halogens is 1. The summed E-state index contributed by atoms with van der Waals surface area (Å²) in [6, 6.07) is -0.510. The molecule has 5 heteroatoms. The van der Waals surface area contributed by atoms with E-state index in [9.17, 15) is 4.79 Å². The second-order valence-corrected chi connectivity index (χ2v) is 5.49. The fourth-order valence-corrected chi connectivity index (χ4v) is 2.80. The monoisotopic (exact) mass is 278 g/mol. The first-order valence-electron chi connectivity index (χ1n) is 6.56. The lowest BCUT2D eigenvalue weighted by molar-refractivity contribution is -0.137. The molecule has 1 amide bonds. The molecular formula is C13H27ClN2O2. The summed E-state index contributed by atoms with van der Waals surface area (Å²) >= 11 is 0. The minimum atomic E-state index is -0.510. The van der Waals surface area contributed by atoms with Gasteiger partial charge in [0.25, 0.3) is 0 Å². The number of ether oxygens (including phenoxy) is 1. The number of carbonyl (C=O) groups excluding carboxylic acids is 1. The first-order chi connectivity index (χ1) is 8.02. The van der Waals surface area contributed by atoms with E-state index < -0.39 is 6.04 Å². The highest BCUT2D eigenvalue weighted by Gasteiger charge is 2.33. The lowest BCUT2D eigenvalue weighted by Gasteiger charge is -2.41. The largest absolute Gasteiger partial charge is 0.383 e. The molecule has 4 nitrogen and oxygen atoms in total. The minimum Gasteiger partial charge on any atom is -0.383 e. The normalized spacial score (nSPS) is 25.4. The Morgan fingerprint density at radius 2 is 2.22 bits per heavy atom. The van der Waals surface area contributed by atoms with Gasteiger partial charge in [-0.15, -0.1) is 12.4 Å². The number of likely N-dealkylation sites (tertiary alicyclic amines) is 1. The maximum atomic E-state index is 12.1. The fraction of sp³-hybridized carbons (Fsp3) is 0.923. The van der Waals surface area contributed by atoms with Crippen LogP contribution in [0.25, 0.3) is 0 Å². The fourth-order valence-electron chi connectivity index (χ4n) is 2.80. The smallest absolute Gasteiger partial charge is 0.241 e. The van der Waals surface area contributed by atoms with E-state index in [1.165, 1.54) is 19.3 Å². The molecule has 0 radical (unpaired) electrons. The quantitative estimate of drug-likeness (QED) is 0.834. The number of nitrogens with zero attached hydrogens (tertiary/aromatic N) is 1. The Balaban J connectivity index is 0.00000289. The molecule has 2 unspecified atom stereocenters. The summed E-state index contributed by atoms with van der Waals surface area (Å²) in [7, 11) is 1.57. The molecule has 1 fully saturated rings. The Labute approximate surface area is 117 Å². The predicted molar refractivity (Wildman–Crippen MR) is 75.9 cm³/mol. The number of rotatable bonds is 5. The summed E-state index contributed by atoms with van der Waals surface area (Å²) in [4.78, 5) is 14.0. The molecule has 1 saturated heterocycles. The van der Waals surface area contributed by atoms with Gasteiger partial charge in [-0.25, -0.2) is 0 Å². The number of carbonyl (C=O) groups is 1. The van der Waals surface area contributed by atoms with Crippen LogP contribution in [0.4, 0.5) is 0 Å². The van der Waals surface area contributed by atoms with E-state index in [0.29, 0.717) is 6.61 Å². The van der Waals surface area contributed by atoms with Gasteiger partial charge < -0.3 is 15.4 Å². The minimum absolute atomic E-state index is 0. The van der Waals surface area contributed by atoms with Gasteiger partial charge >= 0.3 is 0 Å². The predicted octanol–water partition coefficient (Wildman–Crippen LogP) is 1.81. The average molecular weight is 279 g/mol. The number of nitrogens with two attached hydrogens (primary N) is 1. The molecule has 0 bridgehead atoms. The second-order valence-electron chi connectivity index (χ2n) is 5.49. The van der Waals surface area contributed by atoms with Crippen LogP contribution in [0.15, 0.2) is 0 Å². The summed E-state index contributed by atoms with van der Waals surface area (Å²) in [6.45, 7) is 6.47. The standard InChI is InChI=1S/C13H26N2O2.ClH/c1-4-6-13(2)7-5-8-15(10-13)12(16)11(14)9-17-3;/h11H,4-10,14H2,1-3H3;1H. The van der Waals surface area contributed by atoms with E-state index in [1.54, 1.807) is 7.11 Å². The Hall–Kier alpha value is -0.320. The van der Waals surface area contributed by atoms with Crippen LogP contribution in [0, 0.1) is 5.41 Å². The SMILES string of the molecule is CCCC1(C)CCCN(C(=O)C(N)COC)C1.Cl. The molecule has 1 aliphatic heterocycles. The zero-order valence-electron chi connectivity index (χ0n) is 11.8. The third-order valence-corrected chi connectivity index (χ3v) is 3.61. The number of piperidine rings is 1. The molecule has 0 saturated carbocycles. The Morgan fingerprint density at radius 3 is 2.78 bits per heavy atom. The number of amides is 1. The third-order valence-electron chi connectivity index (χ3n) is 3.61. The molecule has 0 aliphatic carbocycles. The Morgan fingerprint density at radius 1 is 1.56 bits per heavy atom. The van der Waals surface area contributed by atoms with Crippen LogP contribution >= 0.6 is 12.4 Å². The second kappa shape index (κ2) is 7.97. The van der Waals surface area contributed by atoms with Crippen LogP contribution in [-0.4, -0.2) is 43.7 Å². The molecule has 18 heavy (non-hydrogen) atoms. The van der Waals surface area contributed by atoms with Gasteiger partial charge in [-0.05, 0) is 24.7 Å². The van der Waals surface area contributed by atoms with Crippen molar-refractivity contribution in [2.24, 2.45) is 11.1 Å². The van der Waals surface area contributed by atoms with Crippen molar-refractivity contribution >= 4 is 18.3 Å². The van der Waals surface area contributed by atoms with E-state index in [-0.39, 0.29) is 23.7 Å². The molecule has 2 N–H and O–H groups in total. The molecule has 1 rings (SSSR count). The van der Waals surface area contributed by atoms with Gasteiger partial charge in [-0.2, -0.15) is 0 Å². The van der Waals surface area contributed by atoms with Crippen LogP contribution in [0.1, 0.15) is 39.5 Å². The van der Waals surface area contributed by atoms with Gasteiger partial charge in [0.15, 0.2) is 0 Å². The van der Waals surface area contributed by atoms with Gasteiger partial charge in [0.1, 0.15) is 6.04 Å². The van der Waals surface area contributed by atoms with Crippen molar-refractivity contribution in [3.63, 3.8) is 0 Å². The highest BCUT2D eigenvalue weighted by molar-refractivity contribution is 5.85. The zero-order valence-corrected chi connectivity index (χ0v) is 12.6. The summed E-state index contributed by atoms with van der Waals surface area (Å²) in [6.07, 6.45) is 4.64. The van der Waals surface area contributed by atoms with E-state index >= 15 is 0 Å². The van der Waals surface area contributed by atoms with Crippen LogP contribution < -0.4 is 5.73 Å². The maximum absolute atomic E-state index is 12.1. The molecule has 0 aromatic rings. The number of hydrogen-bond acceptors (Lipinski definition) is 3. The van der Waals surface area contributed by atoms with Crippen molar-refractivity contribution in [1.82, 2.24) is 4.90 Å². The third kappa shape index (κ3) is 4.75. The van der Waals surface area contributed by atoms with Crippen molar-refractivity contribution in [2.75, 3.05) is 26.8 Å². The molecule has 1 aliphatic rings. The highest BCUT2D eigenvalue weighted by Crippen LogP contribution is 2.34. The Kier molecular flexibility index (Phi) is 7.83. The lowest BCUT2D eigenvalue weighted by Crippen LogP contribution is -2.52. The van der Waals surface area contributed by atoms with Crippen LogP contribution in [0.5, 0.6) is 0 Å². The van der Waals surface area contributed by atoms with E-state index in [1.807, 2.05) is 4.90 Å². The molecule has 1 heterocycles. The van der Waals surface area contributed by atoms with Crippen molar-refractivity contribution < 1.29 is 9.53 Å². The summed E-state index contributed by atoms with van der Waals surface area (Å²) in [5.41, 5.74) is 6.08. The van der Waals surface area contributed by atoms with E-state index in [2.05, 4.69) is 13.8 Å². The summed E-state index contributed by atoms with van der Waals surface area (Å²) in [5.74, 6) is 0.0360. The van der Waals surface area contributed by atoms with Gasteiger partial charge in [-0.3, -0.25) is 4.79 Å². The molecule has 0 aromatic heterocycles. The van der Waals surface area contributed by atoms with Gasteiger partial charge in [-0.1, -0.05) is 20.3 Å². The topological polar surface area (TPSA) is 55.6 Å². The highest BCUT2D eigenvalue weighted by atomic mass is 35.5. The van der Waals surface area contributed by atoms with E-state index in [4.69, 9.17) is 10.5 Å². The first-order valence-corrected chi connectivity index (χ1v) is 6.56. The van der Waals surface area contributed by atoms with Crippen molar-refractivity contribution in [3.8, 4) is 0 Å².